The third kappa shape index (κ3) is 1.92. The minimum absolute atomic E-state index is 0.390. The molecule has 3 rings (SSSR count). The normalized spacial score (nSPS) is 20.7. The Kier molecular flexibility index (Phi) is 3.07. The van der Waals surface area contributed by atoms with Crippen LogP contribution in [0.2, 0.25) is 0 Å². The van der Waals surface area contributed by atoms with Gasteiger partial charge in [-0.1, -0.05) is 0 Å². The summed E-state index contributed by atoms with van der Waals surface area (Å²) in [6.45, 7) is 2.56. The number of fused-ring (bicyclic) bond motifs is 1. The van der Waals surface area contributed by atoms with E-state index in [4.69, 9.17) is 10.5 Å². The number of nitrogens with two attached hydrogens (primary N) is 1. The summed E-state index contributed by atoms with van der Waals surface area (Å²) in [6.07, 6.45) is 5.20. The molecule has 5 nitrogen and oxygen atoms in total. The first kappa shape index (κ1) is 11.7. The molecular formula is C13H19N3O2. The topological polar surface area (TPSA) is 70.1 Å². The Morgan fingerprint density at radius 3 is 2.83 bits per heavy atom. The van der Waals surface area contributed by atoms with E-state index in [0.29, 0.717) is 11.6 Å². The number of primary amides is 1. The van der Waals surface area contributed by atoms with E-state index < -0.39 is 0 Å². The second kappa shape index (κ2) is 4.72. The van der Waals surface area contributed by atoms with E-state index in [1.54, 1.807) is 0 Å². The molecule has 0 aliphatic carbocycles. The summed E-state index contributed by atoms with van der Waals surface area (Å²) in [4.78, 5) is 16.0. The summed E-state index contributed by atoms with van der Waals surface area (Å²) in [6, 6.07) is 0. The number of carbonyl (C=O) groups excluding carboxylic acids is 1. The van der Waals surface area contributed by atoms with E-state index >= 15 is 0 Å². The van der Waals surface area contributed by atoms with Crippen LogP contribution in [0, 0.1) is 0 Å². The molecule has 1 aromatic rings. The summed E-state index contributed by atoms with van der Waals surface area (Å²) >= 11 is 0. The van der Waals surface area contributed by atoms with Crippen molar-refractivity contribution in [3.05, 3.63) is 17.2 Å². The number of hydrogen-bond acceptors (Lipinski definition) is 3. The van der Waals surface area contributed by atoms with Crippen molar-refractivity contribution in [1.82, 2.24) is 9.55 Å². The lowest BCUT2D eigenvalue weighted by atomic mass is 9.99. The number of amides is 1. The van der Waals surface area contributed by atoms with Crippen LogP contribution in [0.3, 0.4) is 0 Å². The maximum absolute atomic E-state index is 11.5. The van der Waals surface area contributed by atoms with Crippen LogP contribution in [0.5, 0.6) is 0 Å². The maximum Gasteiger partial charge on any atom is 0.269 e. The zero-order valence-electron chi connectivity index (χ0n) is 10.5. The SMILES string of the molecule is NC(=O)c1nc(C2CCOCC2)n2c1CCCC2. The largest absolute Gasteiger partial charge is 0.381 e. The first-order valence-corrected chi connectivity index (χ1v) is 6.74. The number of hydrogen-bond donors (Lipinski definition) is 1. The highest BCUT2D eigenvalue weighted by Gasteiger charge is 2.28. The molecule has 5 heteroatoms. The first-order valence-electron chi connectivity index (χ1n) is 6.74. The van der Waals surface area contributed by atoms with Crippen LogP contribution in [0.1, 0.15) is 53.6 Å². The van der Waals surface area contributed by atoms with E-state index in [9.17, 15) is 4.79 Å². The molecule has 1 saturated heterocycles. The molecule has 2 N–H and O–H groups in total. The molecule has 3 heterocycles. The van der Waals surface area contributed by atoms with Crippen molar-refractivity contribution in [1.29, 1.82) is 0 Å². The predicted octanol–water partition coefficient (Wildman–Crippen LogP) is 1.21. The van der Waals surface area contributed by atoms with Crippen molar-refractivity contribution in [2.75, 3.05) is 13.2 Å². The van der Waals surface area contributed by atoms with Crippen molar-refractivity contribution in [3.8, 4) is 0 Å². The van der Waals surface area contributed by atoms with Crippen LogP contribution >= 0.6 is 0 Å². The van der Waals surface area contributed by atoms with Crippen LogP contribution in [-0.2, 0) is 17.7 Å². The fourth-order valence-corrected chi connectivity index (χ4v) is 3.04. The molecule has 18 heavy (non-hydrogen) atoms. The standard InChI is InChI=1S/C13H19N3O2/c14-12(17)11-10-3-1-2-6-16(10)13(15-11)9-4-7-18-8-5-9/h9H,1-8H2,(H2,14,17). The van der Waals surface area contributed by atoms with Gasteiger partial charge in [0.05, 0.1) is 5.69 Å². The molecule has 0 bridgehead atoms. The molecule has 0 spiro atoms. The van der Waals surface area contributed by atoms with Gasteiger partial charge in [0.1, 0.15) is 11.5 Å². The smallest absolute Gasteiger partial charge is 0.269 e. The van der Waals surface area contributed by atoms with Gasteiger partial charge in [0.25, 0.3) is 5.91 Å². The van der Waals surface area contributed by atoms with Gasteiger partial charge < -0.3 is 15.0 Å². The summed E-state index contributed by atoms with van der Waals surface area (Å²) in [5.41, 5.74) is 6.99. The van der Waals surface area contributed by atoms with Gasteiger partial charge in [-0.25, -0.2) is 4.98 Å². The summed E-state index contributed by atoms with van der Waals surface area (Å²) in [5, 5.41) is 0. The fraction of sp³-hybridized carbons (Fsp3) is 0.692. The molecule has 0 aromatic carbocycles. The molecule has 1 aromatic heterocycles. The van der Waals surface area contributed by atoms with Crippen molar-refractivity contribution >= 4 is 5.91 Å². The molecule has 1 amide bonds. The monoisotopic (exact) mass is 249 g/mol. The highest BCUT2D eigenvalue weighted by molar-refractivity contribution is 5.92. The van der Waals surface area contributed by atoms with Crippen LogP contribution in [-0.4, -0.2) is 28.7 Å². The van der Waals surface area contributed by atoms with Gasteiger partial charge in [0, 0.05) is 25.7 Å². The van der Waals surface area contributed by atoms with Crippen molar-refractivity contribution in [2.45, 2.75) is 44.6 Å². The van der Waals surface area contributed by atoms with Gasteiger partial charge >= 0.3 is 0 Å². The van der Waals surface area contributed by atoms with Crippen LogP contribution in [0.25, 0.3) is 0 Å². The average Bonchev–Trinajstić information content (AvgIpc) is 2.79. The molecule has 0 unspecified atom stereocenters. The number of rotatable bonds is 2. The number of ether oxygens (including phenoxy) is 1. The van der Waals surface area contributed by atoms with E-state index in [-0.39, 0.29) is 5.91 Å². The Morgan fingerprint density at radius 1 is 1.33 bits per heavy atom. The average molecular weight is 249 g/mol. The van der Waals surface area contributed by atoms with Crippen LogP contribution in [0.4, 0.5) is 0 Å². The summed E-state index contributed by atoms with van der Waals surface area (Å²) < 4.78 is 7.63. The van der Waals surface area contributed by atoms with Gasteiger partial charge in [-0.15, -0.1) is 0 Å². The molecular weight excluding hydrogens is 230 g/mol. The lowest BCUT2D eigenvalue weighted by Crippen LogP contribution is -2.20. The summed E-state index contributed by atoms with van der Waals surface area (Å²) in [5.74, 6) is 1.09. The Morgan fingerprint density at radius 2 is 2.11 bits per heavy atom. The number of aromatic nitrogens is 2. The van der Waals surface area contributed by atoms with Crippen LogP contribution < -0.4 is 5.73 Å². The molecule has 2 aliphatic rings. The maximum atomic E-state index is 11.5. The molecule has 2 aliphatic heterocycles. The molecule has 0 atom stereocenters. The van der Waals surface area contributed by atoms with E-state index in [0.717, 1.165) is 63.4 Å². The third-order valence-corrected chi connectivity index (χ3v) is 3.97. The van der Waals surface area contributed by atoms with Gasteiger partial charge in [0.2, 0.25) is 0 Å². The van der Waals surface area contributed by atoms with Crippen molar-refractivity contribution in [3.63, 3.8) is 0 Å². The second-order valence-corrected chi connectivity index (χ2v) is 5.12. The number of nitrogens with zero attached hydrogens (tertiary/aromatic N) is 2. The number of imidazole rings is 1. The zero-order chi connectivity index (χ0) is 12.5. The fourth-order valence-electron chi connectivity index (χ4n) is 3.04. The molecule has 98 valence electrons. The Bertz CT molecular complexity index is 461. The highest BCUT2D eigenvalue weighted by Crippen LogP contribution is 2.30. The third-order valence-electron chi connectivity index (χ3n) is 3.97. The lowest BCUT2D eigenvalue weighted by molar-refractivity contribution is 0.0826. The lowest BCUT2D eigenvalue weighted by Gasteiger charge is -2.24. The zero-order valence-corrected chi connectivity index (χ0v) is 10.5. The predicted molar refractivity (Wildman–Crippen MR) is 66.5 cm³/mol. The Balaban J connectivity index is 2.00. The second-order valence-electron chi connectivity index (χ2n) is 5.12. The van der Waals surface area contributed by atoms with E-state index in [1.807, 2.05) is 0 Å². The van der Waals surface area contributed by atoms with Gasteiger partial charge in [-0.2, -0.15) is 0 Å². The van der Waals surface area contributed by atoms with Gasteiger partial charge in [-0.05, 0) is 32.1 Å². The molecule has 0 radical (unpaired) electrons. The summed E-state index contributed by atoms with van der Waals surface area (Å²) in [7, 11) is 0. The minimum atomic E-state index is -0.390. The highest BCUT2D eigenvalue weighted by atomic mass is 16.5. The van der Waals surface area contributed by atoms with Crippen molar-refractivity contribution in [2.24, 2.45) is 5.73 Å². The molecule has 0 saturated carbocycles. The minimum Gasteiger partial charge on any atom is -0.381 e. The Hall–Kier alpha value is -1.36. The first-order chi connectivity index (χ1) is 8.77. The number of carbonyl (C=O) groups is 1. The Labute approximate surface area is 106 Å². The van der Waals surface area contributed by atoms with Crippen LogP contribution in [0.15, 0.2) is 0 Å². The van der Waals surface area contributed by atoms with Gasteiger partial charge in [-0.3, -0.25) is 4.79 Å². The van der Waals surface area contributed by atoms with E-state index in [2.05, 4.69) is 9.55 Å². The molecule has 1 fully saturated rings. The van der Waals surface area contributed by atoms with Gasteiger partial charge in [0.15, 0.2) is 0 Å². The van der Waals surface area contributed by atoms with Crippen molar-refractivity contribution < 1.29 is 9.53 Å². The van der Waals surface area contributed by atoms with E-state index in [1.165, 1.54) is 0 Å². The quantitative estimate of drug-likeness (QED) is 0.856.